The number of hydrogen-bond donors (Lipinski definition) is 2. The van der Waals surface area contributed by atoms with Crippen molar-refractivity contribution >= 4 is 46.4 Å². The molecule has 1 unspecified atom stereocenters. The molecule has 2 aliphatic rings. The van der Waals surface area contributed by atoms with Gasteiger partial charge in [-0.1, -0.05) is 48.2 Å². The maximum absolute atomic E-state index is 11.7. The van der Waals surface area contributed by atoms with Crippen LogP contribution in [0.3, 0.4) is 0 Å². The molecule has 1 atom stereocenters. The van der Waals surface area contributed by atoms with Gasteiger partial charge in [-0.3, -0.25) is 4.79 Å². The fourth-order valence-electron chi connectivity index (χ4n) is 2.85. The molecular weight excluding hydrogens is 396 g/mol. The van der Waals surface area contributed by atoms with Crippen LogP contribution in [0.15, 0.2) is 53.4 Å². The number of nitrogens with one attached hydrogen (secondary N) is 2. The van der Waals surface area contributed by atoms with E-state index < -0.39 is 0 Å². The van der Waals surface area contributed by atoms with Crippen LogP contribution in [0, 0.1) is 0 Å². The molecule has 0 aliphatic carbocycles. The third-order valence-electron chi connectivity index (χ3n) is 4.20. The quantitative estimate of drug-likeness (QED) is 0.577. The Bertz CT molecular complexity index is 955. The predicted octanol–water partition coefficient (Wildman–Crippen LogP) is 3.62. The highest BCUT2D eigenvalue weighted by Crippen LogP contribution is 2.27. The second-order valence-corrected chi connectivity index (χ2v) is 8.03. The van der Waals surface area contributed by atoms with Crippen molar-refractivity contribution in [3.8, 4) is 11.5 Å². The summed E-state index contributed by atoms with van der Waals surface area (Å²) in [4.78, 5) is 23.4. The van der Waals surface area contributed by atoms with E-state index in [4.69, 9.17) is 21.7 Å². The van der Waals surface area contributed by atoms with Crippen LogP contribution in [0.5, 0.6) is 11.5 Å². The van der Waals surface area contributed by atoms with Gasteiger partial charge in [0.1, 0.15) is 22.4 Å². The zero-order chi connectivity index (χ0) is 19.5. The molecule has 0 bridgehead atoms. The highest BCUT2D eigenvalue weighted by molar-refractivity contribution is 8.26. The van der Waals surface area contributed by atoms with Gasteiger partial charge in [-0.15, -0.1) is 0 Å². The van der Waals surface area contributed by atoms with E-state index in [0.717, 1.165) is 16.9 Å². The summed E-state index contributed by atoms with van der Waals surface area (Å²) in [6, 6.07) is 15.2. The number of rotatable bonds is 5. The monoisotopic (exact) mass is 412 g/mol. The predicted molar refractivity (Wildman–Crippen MR) is 111 cm³/mol. The smallest absolute Gasteiger partial charge is 0.407 e. The van der Waals surface area contributed by atoms with E-state index in [1.165, 1.54) is 11.8 Å². The van der Waals surface area contributed by atoms with Crippen LogP contribution in [-0.2, 0) is 16.0 Å². The highest BCUT2D eigenvalue weighted by atomic mass is 32.2. The summed E-state index contributed by atoms with van der Waals surface area (Å²) in [6.45, 7) is 0.394. The number of cyclic esters (lactones) is 1. The fraction of sp³-hybridized carbons (Fsp3) is 0.150. The molecule has 0 saturated carbocycles. The van der Waals surface area contributed by atoms with E-state index in [1.807, 2.05) is 48.5 Å². The van der Waals surface area contributed by atoms with Crippen LogP contribution in [0.1, 0.15) is 11.1 Å². The number of amides is 2. The Balaban J connectivity index is 1.36. The molecule has 2 saturated heterocycles. The summed E-state index contributed by atoms with van der Waals surface area (Å²) in [5.41, 5.74) is 1.99. The molecule has 0 aromatic heterocycles. The summed E-state index contributed by atoms with van der Waals surface area (Å²) in [7, 11) is 0. The molecule has 2 aromatic rings. The Morgan fingerprint density at radius 2 is 1.79 bits per heavy atom. The van der Waals surface area contributed by atoms with Crippen molar-refractivity contribution in [2.45, 2.75) is 12.5 Å². The molecule has 2 heterocycles. The van der Waals surface area contributed by atoms with Gasteiger partial charge in [0.25, 0.3) is 5.91 Å². The van der Waals surface area contributed by atoms with E-state index in [-0.39, 0.29) is 18.0 Å². The van der Waals surface area contributed by atoms with Crippen LogP contribution >= 0.6 is 24.0 Å². The Kier molecular flexibility index (Phi) is 5.31. The minimum absolute atomic E-state index is 0.00963. The lowest BCUT2D eigenvalue weighted by Crippen LogP contribution is -2.28. The number of alkyl carbamates (subject to hydrolysis) is 1. The van der Waals surface area contributed by atoms with Crippen LogP contribution < -0.4 is 15.4 Å². The van der Waals surface area contributed by atoms with Crippen molar-refractivity contribution in [3.05, 3.63) is 64.6 Å². The van der Waals surface area contributed by atoms with Gasteiger partial charge >= 0.3 is 6.09 Å². The first kappa shape index (κ1) is 18.5. The topological polar surface area (TPSA) is 76.7 Å². The van der Waals surface area contributed by atoms with Crippen LogP contribution in [0.4, 0.5) is 4.79 Å². The standard InChI is InChI=1S/C20H16N2O4S2/c23-18-17(28-20(27)22-18)10-13-3-7-16(8-4-13)26-15-5-1-12(2-6-15)9-14-11-25-19(24)21-14/h1-8,10,14H,9,11H2,(H,21,24)(H,22,23,27). The lowest BCUT2D eigenvalue weighted by molar-refractivity contribution is -0.115. The number of thioether (sulfide) groups is 1. The molecule has 142 valence electrons. The van der Waals surface area contributed by atoms with Gasteiger partial charge in [0, 0.05) is 0 Å². The summed E-state index contributed by atoms with van der Waals surface area (Å²) in [5, 5.41) is 5.36. The van der Waals surface area contributed by atoms with Gasteiger partial charge in [0.2, 0.25) is 0 Å². The number of carbonyl (C=O) groups excluding carboxylic acids is 2. The molecule has 28 heavy (non-hydrogen) atoms. The first-order valence-electron chi connectivity index (χ1n) is 8.60. The van der Waals surface area contributed by atoms with Crippen LogP contribution in [-0.4, -0.2) is 29.0 Å². The minimum atomic E-state index is -0.362. The van der Waals surface area contributed by atoms with Gasteiger partial charge in [-0.2, -0.15) is 0 Å². The molecule has 4 rings (SSSR count). The van der Waals surface area contributed by atoms with Gasteiger partial charge in [-0.25, -0.2) is 4.79 Å². The fourth-order valence-corrected chi connectivity index (χ4v) is 3.90. The Morgan fingerprint density at radius 1 is 1.11 bits per heavy atom. The third-order valence-corrected chi connectivity index (χ3v) is 5.36. The first-order valence-corrected chi connectivity index (χ1v) is 9.83. The van der Waals surface area contributed by atoms with Gasteiger partial charge in [0.05, 0.1) is 10.9 Å². The molecule has 8 heteroatoms. The normalized spacial score (nSPS) is 20.1. The maximum Gasteiger partial charge on any atom is 0.407 e. The zero-order valence-electron chi connectivity index (χ0n) is 14.6. The van der Waals surface area contributed by atoms with Gasteiger partial charge in [-0.05, 0) is 47.9 Å². The van der Waals surface area contributed by atoms with E-state index >= 15 is 0 Å². The van der Waals surface area contributed by atoms with Gasteiger partial charge in [0.15, 0.2) is 0 Å². The lowest BCUT2D eigenvalue weighted by atomic mass is 10.1. The Morgan fingerprint density at radius 3 is 2.36 bits per heavy atom. The number of benzene rings is 2. The van der Waals surface area contributed by atoms with Crippen molar-refractivity contribution in [1.29, 1.82) is 0 Å². The van der Waals surface area contributed by atoms with Gasteiger partial charge < -0.3 is 20.1 Å². The highest BCUT2D eigenvalue weighted by Gasteiger charge is 2.22. The Labute approximate surface area is 171 Å². The maximum atomic E-state index is 11.7. The number of ether oxygens (including phenoxy) is 2. The van der Waals surface area contributed by atoms with Crippen molar-refractivity contribution in [1.82, 2.24) is 10.6 Å². The minimum Gasteiger partial charge on any atom is -0.457 e. The second kappa shape index (κ2) is 8.04. The number of carbonyl (C=O) groups is 2. The first-order chi connectivity index (χ1) is 13.5. The molecule has 2 aromatic carbocycles. The van der Waals surface area contributed by atoms with Crippen molar-refractivity contribution in [2.24, 2.45) is 0 Å². The number of hydrogen-bond acceptors (Lipinski definition) is 6. The molecule has 0 spiro atoms. The largest absolute Gasteiger partial charge is 0.457 e. The average Bonchev–Trinajstić information content (AvgIpc) is 3.22. The molecular formula is C20H16N2O4S2. The van der Waals surface area contributed by atoms with Crippen molar-refractivity contribution < 1.29 is 19.1 Å². The summed E-state index contributed by atoms with van der Waals surface area (Å²) >= 11 is 6.24. The molecule has 2 aliphatic heterocycles. The van der Waals surface area contributed by atoms with Crippen LogP contribution in [0.2, 0.25) is 0 Å². The third kappa shape index (κ3) is 4.52. The SMILES string of the molecule is O=C1NC(Cc2ccc(Oc3ccc(C=C4SC(=S)NC4=O)cc3)cc2)CO1. The molecule has 2 N–H and O–H groups in total. The van der Waals surface area contributed by atoms with E-state index in [0.29, 0.717) is 28.0 Å². The second-order valence-electron chi connectivity index (χ2n) is 6.31. The lowest BCUT2D eigenvalue weighted by Gasteiger charge is -2.09. The number of thiocarbonyl (C=S) groups is 1. The average molecular weight is 412 g/mol. The summed E-state index contributed by atoms with van der Waals surface area (Å²) in [5.74, 6) is 1.25. The van der Waals surface area contributed by atoms with Crippen molar-refractivity contribution in [3.63, 3.8) is 0 Å². The summed E-state index contributed by atoms with van der Waals surface area (Å²) in [6.07, 6.45) is 2.15. The molecule has 2 fully saturated rings. The van der Waals surface area contributed by atoms with E-state index in [9.17, 15) is 9.59 Å². The Hall–Kier alpha value is -2.84. The van der Waals surface area contributed by atoms with Crippen molar-refractivity contribution in [2.75, 3.05) is 6.61 Å². The van der Waals surface area contributed by atoms with E-state index in [2.05, 4.69) is 10.6 Å². The zero-order valence-corrected chi connectivity index (χ0v) is 16.3. The van der Waals surface area contributed by atoms with Crippen LogP contribution in [0.25, 0.3) is 6.08 Å². The molecule has 6 nitrogen and oxygen atoms in total. The van der Waals surface area contributed by atoms with E-state index in [1.54, 1.807) is 6.08 Å². The molecule has 2 amide bonds. The summed E-state index contributed by atoms with van der Waals surface area (Å²) < 4.78 is 11.2. The molecule has 0 radical (unpaired) electrons.